The Labute approximate surface area is 416 Å². The average Bonchev–Trinajstić information content (AvgIpc) is 4.13. The zero-order valence-corrected chi connectivity index (χ0v) is 40.4. The summed E-state index contributed by atoms with van der Waals surface area (Å²) in [5.41, 5.74) is -2.96. The molecule has 26 nitrogen and oxygen atoms in total. The minimum absolute atomic E-state index is 0.0360. The van der Waals surface area contributed by atoms with Crippen LogP contribution in [0.1, 0.15) is 38.8 Å². The summed E-state index contributed by atoms with van der Waals surface area (Å²) in [5.74, 6) is -4.57. The molecule has 8 aliphatic rings. The number of benzene rings is 2. The van der Waals surface area contributed by atoms with E-state index in [9.17, 15) is 38.4 Å². The van der Waals surface area contributed by atoms with Crippen molar-refractivity contribution in [2.45, 2.75) is 89.1 Å². The average molecular weight is 1030 g/mol. The van der Waals surface area contributed by atoms with Crippen molar-refractivity contribution in [2.24, 2.45) is 10.8 Å². The Hall–Kier alpha value is -7.56. The normalized spacial score (nSPS) is 28.8. The number of hydrogen-bond donors (Lipinski definition) is 4. The molecule has 10 heterocycles. The lowest BCUT2D eigenvalue weighted by molar-refractivity contribution is -0.154. The summed E-state index contributed by atoms with van der Waals surface area (Å²) >= 11 is 0. The van der Waals surface area contributed by atoms with Crippen molar-refractivity contribution in [1.29, 1.82) is 0 Å². The first kappa shape index (κ1) is 48.7. The van der Waals surface area contributed by atoms with Gasteiger partial charge in [0.2, 0.25) is 34.8 Å². The molecule has 2 aromatic carbocycles. The number of hydrogen-bond acceptors (Lipinski definition) is 20. The van der Waals surface area contributed by atoms with Gasteiger partial charge in [-0.2, -0.15) is 0 Å². The topological polar surface area (TPSA) is 305 Å². The fourth-order valence-corrected chi connectivity index (χ4v) is 12.3. The number of methoxy groups -OCH3 is 2. The largest absolute Gasteiger partial charge is 0.447 e. The van der Waals surface area contributed by atoms with Crippen molar-refractivity contribution in [2.75, 3.05) is 73.3 Å². The molecule has 6 fully saturated rings. The second-order valence-corrected chi connectivity index (χ2v) is 19.5. The number of ether oxygens (including phenoxy) is 6. The summed E-state index contributed by atoms with van der Waals surface area (Å²) in [4.78, 5) is 108. The molecular weight excluding hydrogens is 987 g/mol. The van der Waals surface area contributed by atoms with Gasteiger partial charge in [-0.3, -0.25) is 40.4 Å². The lowest BCUT2D eigenvalue weighted by Crippen LogP contribution is -2.75. The molecule has 8 atom stereocenters. The van der Waals surface area contributed by atoms with E-state index < -0.39 is 107 Å². The van der Waals surface area contributed by atoms with Crippen LogP contribution in [0.5, 0.6) is 0 Å². The number of carbonyl (C=O) groups is 8. The molecule has 0 aliphatic carbocycles. The molecule has 4 aromatic rings. The predicted molar refractivity (Wildman–Crippen MR) is 245 cm³/mol. The maximum Gasteiger partial charge on any atom is 0.416 e. The van der Waals surface area contributed by atoms with Crippen molar-refractivity contribution in [3.8, 4) is 0 Å². The molecule has 6 saturated heterocycles. The quantitative estimate of drug-likeness (QED) is 0.200. The highest BCUT2D eigenvalue weighted by Gasteiger charge is 2.65. The van der Waals surface area contributed by atoms with E-state index in [4.69, 9.17) is 37.5 Å². The fourth-order valence-electron chi connectivity index (χ4n) is 12.3. The number of morpholine rings is 2. The van der Waals surface area contributed by atoms with Gasteiger partial charge < -0.3 is 47.3 Å². The number of anilines is 4. The third-order valence-electron chi connectivity index (χ3n) is 15.0. The first-order chi connectivity index (χ1) is 35.3. The van der Waals surface area contributed by atoms with Crippen molar-refractivity contribution in [1.82, 2.24) is 31.6 Å². The van der Waals surface area contributed by atoms with Gasteiger partial charge in [-0.05, 0) is 51.0 Å². The molecule has 0 bridgehead atoms. The van der Waals surface area contributed by atoms with E-state index in [0.29, 0.717) is 11.1 Å². The molecular formula is C46H48F2N10O16. The Balaban J connectivity index is 0.000000159. The van der Waals surface area contributed by atoms with Gasteiger partial charge in [0.05, 0.1) is 83.9 Å². The first-order valence-electron chi connectivity index (χ1n) is 23.6. The van der Waals surface area contributed by atoms with Crippen molar-refractivity contribution in [3.63, 3.8) is 0 Å². The molecule has 0 unspecified atom stereocenters. The number of barbiturate groups is 2. The van der Waals surface area contributed by atoms with Crippen molar-refractivity contribution >= 4 is 92.8 Å². The maximum atomic E-state index is 16.2. The molecule has 392 valence electrons. The van der Waals surface area contributed by atoms with E-state index in [1.54, 1.807) is 49.6 Å². The van der Waals surface area contributed by atoms with Crippen LogP contribution in [0.25, 0.3) is 21.9 Å². The van der Waals surface area contributed by atoms with Crippen LogP contribution in [0.4, 0.5) is 51.0 Å². The number of urea groups is 2. The van der Waals surface area contributed by atoms with Gasteiger partial charge in [0.25, 0.3) is 0 Å². The molecule has 2 spiro atoms. The second-order valence-electron chi connectivity index (χ2n) is 19.5. The zero-order chi connectivity index (χ0) is 52.4. The van der Waals surface area contributed by atoms with E-state index in [1.807, 2.05) is 0 Å². The Morgan fingerprint density at radius 3 is 1.32 bits per heavy atom. The minimum atomic E-state index is -1.77. The van der Waals surface area contributed by atoms with Crippen LogP contribution in [-0.4, -0.2) is 161 Å². The molecule has 28 heteroatoms. The number of amides is 10. The SMILES string of the molecule is COC[C@@H]1COC(=O)N1c1noc2c(F)c3c(cc12)CC1(C(=O)NC(=O)NC1=O)[C@H]1[C@H](C)O[C@H](C)CN31.COC[C@H]1COC(=O)N1c1noc2c(F)c3c(cc12)CC1(C(=O)NC(=O)NC1=O)[C@H]1[C@H](C)O[C@H](C)CN31. The highest BCUT2D eigenvalue weighted by Crippen LogP contribution is 2.52. The predicted octanol–water partition coefficient (Wildman–Crippen LogP) is 1.66. The van der Waals surface area contributed by atoms with E-state index in [0.717, 1.165) is 0 Å². The smallest absolute Gasteiger partial charge is 0.416 e. The molecule has 0 radical (unpaired) electrons. The Kier molecular flexibility index (Phi) is 11.5. The summed E-state index contributed by atoms with van der Waals surface area (Å²) in [7, 11) is 2.95. The number of cyclic esters (lactones) is 2. The number of nitrogens with zero attached hydrogens (tertiary/aromatic N) is 6. The summed E-state index contributed by atoms with van der Waals surface area (Å²) in [6.07, 6.45) is -3.83. The minimum Gasteiger partial charge on any atom is -0.447 e. The van der Waals surface area contributed by atoms with E-state index >= 15 is 8.78 Å². The third kappa shape index (κ3) is 7.00. The molecule has 4 N–H and O–H groups in total. The van der Waals surface area contributed by atoms with Crippen LogP contribution >= 0.6 is 0 Å². The number of imide groups is 4. The number of rotatable bonds is 6. The van der Waals surface area contributed by atoms with Crippen LogP contribution in [-0.2, 0) is 60.4 Å². The number of fused-ring (bicyclic) bond motifs is 10. The monoisotopic (exact) mass is 1030 g/mol. The highest BCUT2D eigenvalue weighted by atomic mass is 19.1. The molecule has 2 aromatic heterocycles. The molecule has 0 saturated carbocycles. The fraction of sp³-hybridized carbons (Fsp3) is 0.522. The van der Waals surface area contributed by atoms with Crippen molar-refractivity contribution < 1.29 is 84.6 Å². The number of carbonyl (C=O) groups excluding carboxylic acids is 8. The molecule has 8 aliphatic heterocycles. The Morgan fingerprint density at radius 2 is 0.973 bits per heavy atom. The molecule has 10 amide bonds. The number of aromatic nitrogens is 2. The van der Waals surface area contributed by atoms with E-state index in [2.05, 4.69) is 31.6 Å². The highest BCUT2D eigenvalue weighted by molar-refractivity contribution is 6.22. The Morgan fingerprint density at radius 1 is 0.608 bits per heavy atom. The lowest BCUT2D eigenvalue weighted by atomic mass is 9.66. The summed E-state index contributed by atoms with van der Waals surface area (Å²) < 4.78 is 75.7. The van der Waals surface area contributed by atoms with E-state index in [-0.39, 0.29) is 110 Å². The van der Waals surface area contributed by atoms with Gasteiger partial charge in [-0.1, -0.05) is 10.3 Å². The van der Waals surface area contributed by atoms with Gasteiger partial charge in [-0.15, -0.1) is 0 Å². The summed E-state index contributed by atoms with van der Waals surface area (Å²) in [6.45, 7) is 7.77. The van der Waals surface area contributed by atoms with Crippen LogP contribution < -0.4 is 40.9 Å². The molecule has 74 heavy (non-hydrogen) atoms. The Bertz CT molecular complexity index is 2880. The van der Waals surface area contributed by atoms with Gasteiger partial charge >= 0.3 is 24.2 Å². The second kappa shape index (κ2) is 17.5. The number of nitrogens with one attached hydrogen (secondary N) is 4. The third-order valence-corrected chi connectivity index (χ3v) is 15.0. The van der Waals surface area contributed by atoms with Crippen LogP contribution in [0.15, 0.2) is 21.2 Å². The van der Waals surface area contributed by atoms with Crippen LogP contribution in [0.3, 0.4) is 0 Å². The lowest BCUT2D eigenvalue weighted by Gasteiger charge is -2.55. The summed E-state index contributed by atoms with van der Waals surface area (Å²) in [6, 6.07) is -1.55. The van der Waals surface area contributed by atoms with Crippen LogP contribution in [0.2, 0.25) is 0 Å². The van der Waals surface area contributed by atoms with E-state index in [1.165, 1.54) is 24.0 Å². The summed E-state index contributed by atoms with van der Waals surface area (Å²) in [5, 5.41) is 17.1. The van der Waals surface area contributed by atoms with Gasteiger partial charge in [0.15, 0.2) is 34.1 Å². The first-order valence-corrected chi connectivity index (χ1v) is 23.6. The van der Waals surface area contributed by atoms with Crippen molar-refractivity contribution in [3.05, 3.63) is 34.9 Å². The van der Waals surface area contributed by atoms with Gasteiger partial charge in [0, 0.05) is 40.2 Å². The van der Waals surface area contributed by atoms with Gasteiger partial charge in [-0.25, -0.2) is 37.8 Å². The standard InChI is InChI=1S/2C23H24FN5O8/c2*1-9-6-28-15-11(5-23(17(28)10(2)36-9)19(30)25-21(32)26-20(23)31)4-13-16(14(15)24)37-27-18(13)29-12(7-34-3)8-35-22(29)33/h2*4,9-10,12,17H,5-8H2,1-3H3,(H2,25,26,30,31,32)/t9-,10+,12+,17-;9-,10+,12-,17-/m11/s1. The zero-order valence-electron chi connectivity index (χ0n) is 40.4. The van der Waals surface area contributed by atoms with Crippen LogP contribution in [0, 0.1) is 22.5 Å². The van der Waals surface area contributed by atoms with Gasteiger partial charge in [0.1, 0.15) is 13.2 Å². The maximum absolute atomic E-state index is 16.2. The number of halogens is 2. The molecule has 12 rings (SSSR count).